The van der Waals surface area contributed by atoms with E-state index in [0.29, 0.717) is 24.5 Å². The number of Topliss-reactive ketones (excluding diaryl/α,β-unsaturated/α-hetero) is 1. The van der Waals surface area contributed by atoms with Crippen LogP contribution in [0.25, 0.3) is 14.7 Å². The van der Waals surface area contributed by atoms with Crippen molar-refractivity contribution in [3.8, 4) is 5.00 Å². The van der Waals surface area contributed by atoms with Crippen molar-refractivity contribution in [3.05, 3.63) is 80.3 Å². The summed E-state index contributed by atoms with van der Waals surface area (Å²) in [5.41, 5.74) is 4.16. The van der Waals surface area contributed by atoms with Crippen LogP contribution < -0.4 is 0 Å². The molecule has 1 atom stereocenters. The number of aliphatic imine (C=N–C) groups is 1. The van der Waals surface area contributed by atoms with Gasteiger partial charge in [0.2, 0.25) is 6.54 Å². The molecule has 166 valence electrons. The van der Waals surface area contributed by atoms with Gasteiger partial charge in [-0.15, -0.1) is 21.5 Å². The Labute approximate surface area is 197 Å². The summed E-state index contributed by atoms with van der Waals surface area (Å²) >= 11 is 1.56. The lowest BCUT2D eigenvalue weighted by molar-refractivity contribution is -0.119. The van der Waals surface area contributed by atoms with Crippen LogP contribution in [0.3, 0.4) is 0 Å². The fourth-order valence-corrected chi connectivity index (χ4v) is 5.35. The minimum Gasteiger partial charge on any atom is -0.311 e. The molecule has 7 nitrogen and oxygen atoms in total. The highest BCUT2D eigenvalue weighted by molar-refractivity contribution is 7.15. The molecule has 0 bridgehead atoms. The van der Waals surface area contributed by atoms with Crippen molar-refractivity contribution in [2.45, 2.75) is 59.0 Å². The van der Waals surface area contributed by atoms with E-state index in [9.17, 15) is 4.79 Å². The van der Waals surface area contributed by atoms with E-state index in [2.05, 4.69) is 26.8 Å². The average molecular weight is 457 g/mol. The minimum atomic E-state index is -0.450. The Morgan fingerprint density at radius 3 is 2.61 bits per heavy atom. The zero-order chi connectivity index (χ0) is 23.5. The van der Waals surface area contributed by atoms with Gasteiger partial charge in [-0.25, -0.2) is 11.4 Å². The second-order valence-electron chi connectivity index (χ2n) is 8.09. The van der Waals surface area contributed by atoms with E-state index in [-0.39, 0.29) is 12.2 Å². The molecule has 0 amide bonds. The zero-order valence-corrected chi connectivity index (χ0v) is 19.7. The third-order valence-electron chi connectivity index (χ3n) is 5.82. The topological polar surface area (TPSA) is 68.9 Å². The maximum atomic E-state index is 12.8. The molecule has 1 aliphatic heterocycles. The quantitative estimate of drug-likeness (QED) is 0.412. The molecule has 0 saturated carbocycles. The molecule has 2 aromatic heterocycles. The van der Waals surface area contributed by atoms with Crippen LogP contribution in [0.5, 0.6) is 0 Å². The molecule has 4 rings (SSSR count). The summed E-state index contributed by atoms with van der Waals surface area (Å²) in [6, 6.07) is 6.91. The molecule has 3 aromatic rings. The largest absolute Gasteiger partial charge is 0.311 e. The number of rotatable bonds is 7. The summed E-state index contributed by atoms with van der Waals surface area (Å²) in [6.45, 7) is 20.9. The highest BCUT2D eigenvalue weighted by atomic mass is 32.1. The Morgan fingerprint density at radius 1 is 1.18 bits per heavy atom. The predicted molar refractivity (Wildman–Crippen MR) is 129 cm³/mol. The van der Waals surface area contributed by atoms with Crippen LogP contribution in [0.15, 0.2) is 29.3 Å². The first-order valence-corrected chi connectivity index (χ1v) is 11.8. The van der Waals surface area contributed by atoms with Gasteiger partial charge in [0, 0.05) is 18.4 Å². The number of benzene rings is 1. The Bertz CT molecular complexity index is 1320. The maximum absolute atomic E-state index is 12.8. The number of ketones is 1. The number of nitrogens with zero attached hydrogens (tertiary/aromatic N) is 6. The molecular formula is C25H24N6OS. The number of unbranched alkanes of at least 4 members (excludes halogenated alkanes) is 1. The van der Waals surface area contributed by atoms with Crippen molar-refractivity contribution in [2.75, 3.05) is 0 Å². The summed E-state index contributed by atoms with van der Waals surface area (Å²) in [5, 5.41) is 9.67. The molecule has 0 N–H and O–H groups in total. The Hall–Kier alpha value is -3.62. The lowest BCUT2D eigenvalue weighted by Crippen LogP contribution is -2.11. The number of thiophene rings is 1. The van der Waals surface area contributed by atoms with Crippen LogP contribution in [0.2, 0.25) is 0 Å². The zero-order valence-electron chi connectivity index (χ0n) is 18.9. The smallest absolute Gasteiger partial charge is 0.249 e. The molecular weight excluding hydrogens is 432 g/mol. The summed E-state index contributed by atoms with van der Waals surface area (Å²) in [6.07, 6.45) is 2.62. The fourth-order valence-electron chi connectivity index (χ4n) is 4.07. The molecule has 3 heterocycles. The van der Waals surface area contributed by atoms with Gasteiger partial charge in [-0.1, -0.05) is 37.6 Å². The number of carbonyl (C=O) groups excluding carboxylic acids is 1. The van der Waals surface area contributed by atoms with Crippen LogP contribution in [0, 0.1) is 27.0 Å². The fraction of sp³-hybridized carbons (Fsp3) is 0.360. The van der Waals surface area contributed by atoms with Crippen LogP contribution in [0.1, 0.15) is 71.9 Å². The first-order valence-electron chi connectivity index (χ1n) is 10.9. The summed E-state index contributed by atoms with van der Waals surface area (Å²) in [4.78, 5) is 25.9. The van der Waals surface area contributed by atoms with Crippen LogP contribution in [-0.2, 0) is 11.3 Å². The first kappa shape index (κ1) is 22.6. The molecule has 0 unspecified atom stereocenters. The Kier molecular flexibility index (Phi) is 6.48. The monoisotopic (exact) mass is 456 g/mol. The summed E-state index contributed by atoms with van der Waals surface area (Å²) < 4.78 is 2.00. The van der Waals surface area contributed by atoms with E-state index in [1.807, 2.05) is 30.5 Å². The van der Waals surface area contributed by atoms with Gasteiger partial charge in [-0.3, -0.25) is 14.4 Å². The third-order valence-corrected chi connectivity index (χ3v) is 7.08. The van der Waals surface area contributed by atoms with Gasteiger partial charge in [0.1, 0.15) is 22.7 Å². The molecule has 0 saturated heterocycles. The standard InChI is InChI=1S/C25H24N6OS/c1-6-7-8-19(32)13-20-24-30-29-16(3)31(24)25-22(15(2)21(33-25)14-26-4)23(28-20)17-9-11-18(27-5)12-10-17/h9-12,20H,6-8,13-14H2,1-3H3/t20-/m0/s1. The summed E-state index contributed by atoms with van der Waals surface area (Å²) in [5.74, 6) is 1.55. The van der Waals surface area contributed by atoms with E-state index >= 15 is 0 Å². The second-order valence-corrected chi connectivity index (χ2v) is 9.17. The molecule has 0 spiro atoms. The normalized spacial score (nSPS) is 14.5. The predicted octanol–water partition coefficient (Wildman–Crippen LogP) is 5.96. The van der Waals surface area contributed by atoms with Crippen LogP contribution >= 0.6 is 11.3 Å². The van der Waals surface area contributed by atoms with Crippen molar-refractivity contribution >= 4 is 28.5 Å². The maximum Gasteiger partial charge on any atom is 0.249 e. The minimum absolute atomic E-state index is 0.163. The van der Waals surface area contributed by atoms with Gasteiger partial charge < -0.3 is 4.85 Å². The van der Waals surface area contributed by atoms with Crippen molar-refractivity contribution in [1.29, 1.82) is 0 Å². The molecule has 0 aliphatic carbocycles. The summed E-state index contributed by atoms with van der Waals surface area (Å²) in [7, 11) is 0. The highest BCUT2D eigenvalue weighted by Crippen LogP contribution is 2.40. The highest BCUT2D eigenvalue weighted by Gasteiger charge is 2.33. The van der Waals surface area contributed by atoms with E-state index in [1.165, 1.54) is 0 Å². The molecule has 1 aliphatic rings. The van der Waals surface area contributed by atoms with Gasteiger partial charge in [0.15, 0.2) is 11.5 Å². The number of fused-ring (bicyclic) bond motifs is 3. The van der Waals surface area contributed by atoms with Gasteiger partial charge in [-0.05, 0) is 31.4 Å². The van der Waals surface area contributed by atoms with E-state index in [1.54, 1.807) is 23.5 Å². The SMILES string of the molecule is [C-]#[N+]Cc1sc2c(c1C)C(c1ccc([N+]#[C-])cc1)=N[C@@H](CC(=O)CCCC)c1nnc(C)n1-2. The lowest BCUT2D eigenvalue weighted by Gasteiger charge is -2.12. The average Bonchev–Trinajstić information content (AvgIpc) is 3.31. The van der Waals surface area contributed by atoms with Gasteiger partial charge >= 0.3 is 0 Å². The first-order chi connectivity index (χ1) is 16.0. The molecule has 33 heavy (non-hydrogen) atoms. The lowest BCUT2D eigenvalue weighted by atomic mass is 9.99. The Morgan fingerprint density at radius 2 is 1.94 bits per heavy atom. The number of aromatic nitrogens is 3. The van der Waals surface area contributed by atoms with Crippen molar-refractivity contribution in [3.63, 3.8) is 0 Å². The number of aryl methyl sites for hydroxylation is 1. The van der Waals surface area contributed by atoms with Gasteiger partial charge in [0.25, 0.3) is 0 Å². The van der Waals surface area contributed by atoms with Gasteiger partial charge in [0.05, 0.1) is 17.2 Å². The second kappa shape index (κ2) is 9.48. The van der Waals surface area contributed by atoms with E-state index in [0.717, 1.165) is 50.9 Å². The number of hydrogen-bond donors (Lipinski definition) is 0. The number of hydrogen-bond acceptors (Lipinski definition) is 5. The third kappa shape index (κ3) is 4.22. The molecule has 8 heteroatoms. The molecule has 0 radical (unpaired) electrons. The molecule has 0 fully saturated rings. The number of carbonyl (C=O) groups is 1. The Balaban J connectivity index is 1.93. The van der Waals surface area contributed by atoms with E-state index in [4.69, 9.17) is 18.1 Å². The van der Waals surface area contributed by atoms with E-state index < -0.39 is 6.04 Å². The van der Waals surface area contributed by atoms with Gasteiger partial charge in [-0.2, -0.15) is 0 Å². The van der Waals surface area contributed by atoms with Crippen LogP contribution in [0.4, 0.5) is 5.69 Å². The van der Waals surface area contributed by atoms with Crippen molar-refractivity contribution < 1.29 is 4.79 Å². The van der Waals surface area contributed by atoms with Crippen LogP contribution in [-0.4, -0.2) is 26.3 Å². The van der Waals surface area contributed by atoms with Crippen molar-refractivity contribution in [1.82, 2.24) is 14.8 Å². The molecule has 1 aromatic carbocycles. The van der Waals surface area contributed by atoms with Crippen molar-refractivity contribution in [2.24, 2.45) is 4.99 Å².